The molecule has 0 spiro atoms. The van der Waals surface area contributed by atoms with Gasteiger partial charge in [-0.15, -0.1) is 0 Å². The van der Waals surface area contributed by atoms with Crippen LogP contribution in [0.25, 0.3) is 0 Å². The summed E-state index contributed by atoms with van der Waals surface area (Å²) >= 11 is 6.76. The molecule has 1 aromatic rings. The van der Waals surface area contributed by atoms with Gasteiger partial charge >= 0.3 is 0 Å². The summed E-state index contributed by atoms with van der Waals surface area (Å²) < 4.78 is 14.2. The SMILES string of the molecule is CC(CBr)CCc1cc(Br)ccc1F. The van der Waals surface area contributed by atoms with E-state index in [4.69, 9.17) is 0 Å². The zero-order valence-electron chi connectivity index (χ0n) is 8.06. The Morgan fingerprint density at radius 1 is 1.43 bits per heavy atom. The number of hydrogen-bond acceptors (Lipinski definition) is 0. The Morgan fingerprint density at radius 3 is 2.79 bits per heavy atom. The van der Waals surface area contributed by atoms with E-state index in [-0.39, 0.29) is 5.82 Å². The molecule has 0 radical (unpaired) electrons. The van der Waals surface area contributed by atoms with Crippen molar-refractivity contribution in [3.05, 3.63) is 34.1 Å². The van der Waals surface area contributed by atoms with Crippen LogP contribution in [0.5, 0.6) is 0 Å². The van der Waals surface area contributed by atoms with Crippen LogP contribution in [0, 0.1) is 11.7 Å². The van der Waals surface area contributed by atoms with Gasteiger partial charge < -0.3 is 0 Å². The molecule has 0 aliphatic carbocycles. The summed E-state index contributed by atoms with van der Waals surface area (Å²) in [5.41, 5.74) is 0.798. The van der Waals surface area contributed by atoms with Gasteiger partial charge in [-0.1, -0.05) is 38.8 Å². The molecule has 0 nitrogen and oxygen atoms in total. The quantitative estimate of drug-likeness (QED) is 0.713. The molecular formula is C11H13Br2F. The minimum atomic E-state index is -0.102. The summed E-state index contributed by atoms with van der Waals surface area (Å²) in [6.45, 7) is 2.16. The fourth-order valence-corrected chi connectivity index (χ4v) is 1.95. The van der Waals surface area contributed by atoms with Crippen molar-refractivity contribution in [3.63, 3.8) is 0 Å². The average molecular weight is 324 g/mol. The molecule has 0 aliphatic heterocycles. The smallest absolute Gasteiger partial charge is 0.126 e. The first-order valence-corrected chi connectivity index (χ1v) is 6.55. The summed E-state index contributed by atoms with van der Waals surface area (Å²) in [7, 11) is 0. The molecule has 0 bridgehead atoms. The maximum atomic E-state index is 13.3. The molecule has 0 saturated carbocycles. The van der Waals surface area contributed by atoms with Gasteiger partial charge in [0.2, 0.25) is 0 Å². The summed E-state index contributed by atoms with van der Waals surface area (Å²) in [5, 5.41) is 0.975. The number of alkyl halides is 1. The lowest BCUT2D eigenvalue weighted by Crippen LogP contribution is -1.99. The highest BCUT2D eigenvalue weighted by Gasteiger charge is 2.05. The van der Waals surface area contributed by atoms with Gasteiger partial charge in [-0.3, -0.25) is 0 Å². The van der Waals surface area contributed by atoms with Crippen molar-refractivity contribution < 1.29 is 4.39 Å². The van der Waals surface area contributed by atoms with E-state index in [1.165, 1.54) is 6.07 Å². The lowest BCUT2D eigenvalue weighted by molar-refractivity contribution is 0.565. The van der Waals surface area contributed by atoms with Crippen molar-refractivity contribution >= 4 is 31.9 Å². The Hall–Kier alpha value is 0.110. The number of aryl methyl sites for hydroxylation is 1. The van der Waals surface area contributed by atoms with Crippen molar-refractivity contribution in [2.45, 2.75) is 19.8 Å². The summed E-state index contributed by atoms with van der Waals surface area (Å²) in [4.78, 5) is 0. The molecule has 3 heteroatoms. The second-order valence-electron chi connectivity index (χ2n) is 3.53. The van der Waals surface area contributed by atoms with Gasteiger partial charge in [0.05, 0.1) is 0 Å². The van der Waals surface area contributed by atoms with Gasteiger partial charge in [0.15, 0.2) is 0 Å². The summed E-state index contributed by atoms with van der Waals surface area (Å²) in [6, 6.07) is 5.10. The average Bonchev–Trinajstić information content (AvgIpc) is 2.19. The third kappa shape index (κ3) is 3.70. The second kappa shape index (κ2) is 5.86. The highest BCUT2D eigenvalue weighted by Crippen LogP contribution is 2.19. The van der Waals surface area contributed by atoms with E-state index in [1.54, 1.807) is 6.07 Å². The third-order valence-electron chi connectivity index (χ3n) is 2.18. The Morgan fingerprint density at radius 2 is 2.14 bits per heavy atom. The number of hydrogen-bond donors (Lipinski definition) is 0. The minimum absolute atomic E-state index is 0.102. The minimum Gasteiger partial charge on any atom is -0.207 e. The maximum absolute atomic E-state index is 13.3. The summed E-state index contributed by atoms with van der Waals surface area (Å²) in [5.74, 6) is 0.489. The molecule has 78 valence electrons. The van der Waals surface area contributed by atoms with Crippen molar-refractivity contribution in [1.82, 2.24) is 0 Å². The van der Waals surface area contributed by atoms with Crippen LogP contribution in [0.4, 0.5) is 4.39 Å². The Bertz CT molecular complexity index is 299. The lowest BCUT2D eigenvalue weighted by Gasteiger charge is -2.08. The van der Waals surface area contributed by atoms with E-state index in [9.17, 15) is 4.39 Å². The maximum Gasteiger partial charge on any atom is 0.126 e. The van der Waals surface area contributed by atoms with E-state index >= 15 is 0 Å². The zero-order chi connectivity index (χ0) is 10.6. The number of halogens is 3. The molecule has 0 aliphatic rings. The Balaban J connectivity index is 2.62. The molecule has 0 amide bonds. The van der Waals surface area contributed by atoms with Crippen molar-refractivity contribution in [1.29, 1.82) is 0 Å². The molecule has 0 N–H and O–H groups in total. The van der Waals surface area contributed by atoms with Crippen LogP contribution in [0.3, 0.4) is 0 Å². The first-order chi connectivity index (χ1) is 6.63. The Labute approximate surface area is 101 Å². The lowest BCUT2D eigenvalue weighted by atomic mass is 10.0. The fraction of sp³-hybridized carbons (Fsp3) is 0.455. The molecule has 1 rings (SSSR count). The largest absolute Gasteiger partial charge is 0.207 e. The van der Waals surface area contributed by atoms with Crippen LogP contribution in [0.1, 0.15) is 18.9 Å². The molecule has 1 atom stereocenters. The van der Waals surface area contributed by atoms with Crippen LogP contribution < -0.4 is 0 Å². The fourth-order valence-electron chi connectivity index (χ4n) is 1.21. The predicted molar refractivity (Wildman–Crippen MR) is 65.4 cm³/mol. The van der Waals surface area contributed by atoms with Crippen LogP contribution in [0.2, 0.25) is 0 Å². The van der Waals surface area contributed by atoms with Gasteiger partial charge in [0.1, 0.15) is 5.82 Å². The monoisotopic (exact) mass is 322 g/mol. The number of benzene rings is 1. The van der Waals surface area contributed by atoms with Crippen LogP contribution >= 0.6 is 31.9 Å². The Kier molecular flexibility index (Phi) is 5.10. The van der Waals surface area contributed by atoms with Gasteiger partial charge in [-0.05, 0) is 42.5 Å². The van der Waals surface area contributed by atoms with E-state index < -0.39 is 0 Å². The summed E-state index contributed by atoms with van der Waals surface area (Å²) in [6.07, 6.45) is 1.82. The van der Waals surface area contributed by atoms with Gasteiger partial charge in [-0.2, -0.15) is 0 Å². The standard InChI is InChI=1S/C11H13Br2F/c1-8(7-12)2-3-9-6-10(13)4-5-11(9)14/h4-6,8H,2-3,7H2,1H3. The third-order valence-corrected chi connectivity index (χ3v) is 3.78. The normalized spacial score (nSPS) is 12.9. The molecule has 0 fully saturated rings. The first-order valence-electron chi connectivity index (χ1n) is 4.63. The van der Waals surface area contributed by atoms with Crippen molar-refractivity contribution in [3.8, 4) is 0 Å². The molecule has 0 saturated heterocycles. The van der Waals surface area contributed by atoms with E-state index in [0.29, 0.717) is 5.92 Å². The van der Waals surface area contributed by atoms with Crippen molar-refractivity contribution in [2.24, 2.45) is 5.92 Å². The molecule has 0 aromatic heterocycles. The van der Waals surface area contributed by atoms with Crippen LogP contribution in [-0.4, -0.2) is 5.33 Å². The van der Waals surface area contributed by atoms with Gasteiger partial charge in [-0.25, -0.2) is 4.39 Å². The van der Waals surface area contributed by atoms with Crippen LogP contribution in [0.15, 0.2) is 22.7 Å². The molecule has 1 aromatic carbocycles. The topological polar surface area (TPSA) is 0 Å². The van der Waals surface area contributed by atoms with Crippen molar-refractivity contribution in [2.75, 3.05) is 5.33 Å². The predicted octanol–water partition coefficient (Wildman–Crippen LogP) is 4.55. The van der Waals surface area contributed by atoms with Gasteiger partial charge in [0, 0.05) is 9.80 Å². The highest BCUT2D eigenvalue weighted by atomic mass is 79.9. The van der Waals surface area contributed by atoms with E-state index in [1.807, 2.05) is 6.07 Å². The molecule has 14 heavy (non-hydrogen) atoms. The molecular weight excluding hydrogens is 311 g/mol. The second-order valence-corrected chi connectivity index (χ2v) is 5.10. The molecule has 1 unspecified atom stereocenters. The highest BCUT2D eigenvalue weighted by molar-refractivity contribution is 9.10. The molecule has 0 heterocycles. The van der Waals surface area contributed by atoms with E-state index in [0.717, 1.165) is 28.2 Å². The van der Waals surface area contributed by atoms with Crippen LogP contribution in [-0.2, 0) is 6.42 Å². The zero-order valence-corrected chi connectivity index (χ0v) is 11.2. The number of rotatable bonds is 4. The first kappa shape index (κ1) is 12.2. The van der Waals surface area contributed by atoms with Gasteiger partial charge in [0.25, 0.3) is 0 Å². The van der Waals surface area contributed by atoms with E-state index in [2.05, 4.69) is 38.8 Å².